The minimum Gasteiger partial charge on any atom is -0.492 e. The number of hydrogen-bond donors (Lipinski definition) is 2. The maximum absolute atomic E-state index is 12.0. The molecule has 1 fully saturated rings. The van der Waals surface area contributed by atoms with Crippen LogP contribution in [0.2, 0.25) is 0 Å². The van der Waals surface area contributed by atoms with E-state index >= 15 is 0 Å². The Balaban J connectivity index is 0.00000242. The molecule has 2 rings (SSSR count). The number of sulfone groups is 1. The lowest BCUT2D eigenvalue weighted by Crippen LogP contribution is -2.35. The van der Waals surface area contributed by atoms with Gasteiger partial charge in [0, 0.05) is 18.0 Å². The molecule has 2 N–H and O–H groups in total. The second kappa shape index (κ2) is 8.36. The fraction of sp³-hybridized carbons (Fsp3) is 0.500. The lowest BCUT2D eigenvalue weighted by molar-refractivity contribution is -0.117. The summed E-state index contributed by atoms with van der Waals surface area (Å²) in [6, 6.07) is 6.81. The molecule has 0 spiro atoms. The molecule has 0 radical (unpaired) electrons. The van der Waals surface area contributed by atoms with Crippen molar-refractivity contribution in [1.82, 2.24) is 5.32 Å². The molecule has 0 bridgehead atoms. The van der Waals surface area contributed by atoms with Crippen LogP contribution in [0.1, 0.15) is 12.8 Å². The summed E-state index contributed by atoms with van der Waals surface area (Å²) < 4.78 is 27.5. The molecule has 1 saturated heterocycles. The first-order chi connectivity index (χ1) is 9.94. The molecule has 0 saturated carbocycles. The summed E-state index contributed by atoms with van der Waals surface area (Å²) in [6.45, 7) is 0.965. The predicted molar refractivity (Wildman–Crippen MR) is 88.6 cm³/mol. The van der Waals surface area contributed by atoms with Crippen molar-refractivity contribution in [1.29, 1.82) is 0 Å². The van der Waals surface area contributed by atoms with E-state index in [0.29, 0.717) is 11.4 Å². The Kier molecular flexibility index (Phi) is 7.12. The number of carbonyl (C=O) groups is 1. The highest BCUT2D eigenvalue weighted by Gasteiger charge is 2.21. The smallest absolute Gasteiger partial charge is 0.241 e. The molecule has 6 nitrogen and oxygen atoms in total. The van der Waals surface area contributed by atoms with Crippen molar-refractivity contribution < 1.29 is 17.9 Å². The number of nitrogens with one attached hydrogen (secondary N) is 2. The van der Waals surface area contributed by atoms with Gasteiger partial charge in [0.2, 0.25) is 5.91 Å². The van der Waals surface area contributed by atoms with Gasteiger partial charge < -0.3 is 15.4 Å². The third-order valence-corrected chi connectivity index (χ3v) is 4.11. The molecule has 124 valence electrons. The quantitative estimate of drug-likeness (QED) is 0.807. The molecule has 1 aromatic rings. The van der Waals surface area contributed by atoms with Crippen LogP contribution in [0.3, 0.4) is 0 Å². The van der Waals surface area contributed by atoms with E-state index in [2.05, 4.69) is 10.6 Å². The number of benzene rings is 1. The van der Waals surface area contributed by atoms with Crippen LogP contribution in [0.5, 0.6) is 5.75 Å². The number of rotatable bonds is 6. The van der Waals surface area contributed by atoms with Crippen molar-refractivity contribution in [3.05, 3.63) is 24.3 Å². The first-order valence-electron chi connectivity index (χ1n) is 6.89. The van der Waals surface area contributed by atoms with E-state index in [-0.39, 0.29) is 36.7 Å². The average Bonchev–Trinajstić information content (AvgIpc) is 2.91. The Labute approximate surface area is 136 Å². The molecule has 0 aromatic heterocycles. The molecule has 0 aliphatic carbocycles. The number of hydrogen-bond acceptors (Lipinski definition) is 5. The van der Waals surface area contributed by atoms with Gasteiger partial charge in [-0.05, 0) is 31.5 Å². The van der Waals surface area contributed by atoms with Crippen LogP contribution in [0.25, 0.3) is 0 Å². The van der Waals surface area contributed by atoms with Crippen molar-refractivity contribution >= 4 is 33.8 Å². The molecule has 22 heavy (non-hydrogen) atoms. The molecule has 1 atom stereocenters. The van der Waals surface area contributed by atoms with Gasteiger partial charge in [0.15, 0.2) is 9.84 Å². The molecule has 1 unspecified atom stereocenters. The van der Waals surface area contributed by atoms with Crippen molar-refractivity contribution in [2.24, 2.45) is 0 Å². The van der Waals surface area contributed by atoms with Gasteiger partial charge in [0.1, 0.15) is 12.4 Å². The first-order valence-corrected chi connectivity index (χ1v) is 8.95. The predicted octanol–water partition coefficient (Wildman–Crippen LogP) is 1.22. The van der Waals surface area contributed by atoms with Crippen LogP contribution in [0.4, 0.5) is 5.69 Å². The van der Waals surface area contributed by atoms with E-state index in [1.165, 1.54) is 6.26 Å². The molecular weight excluding hydrogens is 328 g/mol. The summed E-state index contributed by atoms with van der Waals surface area (Å²) in [5.41, 5.74) is 0.644. The Morgan fingerprint density at radius 2 is 2.23 bits per heavy atom. The third kappa shape index (κ3) is 6.21. The number of carbonyl (C=O) groups excluding carboxylic acids is 1. The number of halogens is 1. The number of amides is 1. The Bertz CT molecular complexity index is 601. The zero-order valence-corrected chi connectivity index (χ0v) is 14.0. The Hall–Kier alpha value is -1.31. The van der Waals surface area contributed by atoms with Crippen molar-refractivity contribution in [3.63, 3.8) is 0 Å². The molecule has 1 aliphatic rings. The molecular formula is C14H21ClN2O4S. The topological polar surface area (TPSA) is 84.5 Å². The van der Waals surface area contributed by atoms with Gasteiger partial charge >= 0.3 is 0 Å². The standard InChI is InChI=1S/C14H20N2O4S.ClH/c1-21(18,19)9-8-20-12-5-2-4-11(10-12)16-14(17)13-6-3-7-15-13;/h2,4-5,10,13,15H,3,6-9H2,1H3,(H,16,17);1H. The summed E-state index contributed by atoms with van der Waals surface area (Å²) in [5.74, 6) is 0.451. The molecule has 1 amide bonds. The summed E-state index contributed by atoms with van der Waals surface area (Å²) >= 11 is 0. The Morgan fingerprint density at radius 3 is 2.86 bits per heavy atom. The molecule has 1 aromatic carbocycles. The van der Waals surface area contributed by atoms with E-state index in [1.54, 1.807) is 24.3 Å². The van der Waals surface area contributed by atoms with Crippen molar-refractivity contribution in [2.75, 3.05) is 30.5 Å². The van der Waals surface area contributed by atoms with Crippen LogP contribution < -0.4 is 15.4 Å². The van der Waals surface area contributed by atoms with E-state index < -0.39 is 9.84 Å². The largest absolute Gasteiger partial charge is 0.492 e. The first kappa shape index (κ1) is 18.7. The van der Waals surface area contributed by atoms with Gasteiger partial charge in [-0.25, -0.2) is 8.42 Å². The molecule has 1 aliphatic heterocycles. The SMILES string of the molecule is CS(=O)(=O)CCOc1cccc(NC(=O)C2CCCN2)c1.Cl. The summed E-state index contributed by atoms with van der Waals surface area (Å²) in [6.07, 6.45) is 3.02. The summed E-state index contributed by atoms with van der Waals surface area (Å²) in [4.78, 5) is 12.0. The van der Waals surface area contributed by atoms with E-state index in [1.807, 2.05) is 0 Å². The second-order valence-electron chi connectivity index (χ2n) is 5.14. The van der Waals surface area contributed by atoms with E-state index in [0.717, 1.165) is 19.4 Å². The third-order valence-electron chi connectivity index (χ3n) is 3.20. The zero-order valence-electron chi connectivity index (χ0n) is 12.4. The average molecular weight is 349 g/mol. The number of ether oxygens (including phenoxy) is 1. The van der Waals surface area contributed by atoms with Crippen molar-refractivity contribution in [3.8, 4) is 5.75 Å². The van der Waals surface area contributed by atoms with Gasteiger partial charge in [-0.2, -0.15) is 0 Å². The zero-order chi connectivity index (χ0) is 15.3. The van der Waals surface area contributed by atoms with Gasteiger partial charge in [-0.3, -0.25) is 4.79 Å². The second-order valence-corrected chi connectivity index (χ2v) is 7.40. The maximum atomic E-state index is 12.0. The normalized spacial score (nSPS) is 17.6. The monoisotopic (exact) mass is 348 g/mol. The highest BCUT2D eigenvalue weighted by atomic mass is 35.5. The molecule has 1 heterocycles. The van der Waals surface area contributed by atoms with Crippen molar-refractivity contribution in [2.45, 2.75) is 18.9 Å². The fourth-order valence-electron chi connectivity index (χ4n) is 2.11. The van der Waals surface area contributed by atoms with Gasteiger partial charge in [0.25, 0.3) is 0 Å². The highest BCUT2D eigenvalue weighted by Crippen LogP contribution is 2.18. The minimum atomic E-state index is -3.04. The lowest BCUT2D eigenvalue weighted by Gasteiger charge is -2.12. The van der Waals surface area contributed by atoms with Crippen LogP contribution in [-0.2, 0) is 14.6 Å². The van der Waals surface area contributed by atoms with Gasteiger partial charge in [-0.1, -0.05) is 6.07 Å². The van der Waals surface area contributed by atoms with Crippen LogP contribution in [0, 0.1) is 0 Å². The van der Waals surface area contributed by atoms with Crippen LogP contribution in [0.15, 0.2) is 24.3 Å². The van der Waals surface area contributed by atoms with E-state index in [4.69, 9.17) is 4.74 Å². The van der Waals surface area contributed by atoms with Gasteiger partial charge in [-0.15, -0.1) is 12.4 Å². The highest BCUT2D eigenvalue weighted by molar-refractivity contribution is 7.90. The molecule has 8 heteroatoms. The minimum absolute atomic E-state index is 0. The number of anilines is 1. The van der Waals surface area contributed by atoms with Crippen LogP contribution in [-0.4, -0.2) is 45.5 Å². The lowest BCUT2D eigenvalue weighted by atomic mass is 10.2. The summed E-state index contributed by atoms with van der Waals surface area (Å²) in [7, 11) is -3.04. The summed E-state index contributed by atoms with van der Waals surface area (Å²) in [5, 5.41) is 5.96. The fourth-order valence-corrected chi connectivity index (χ4v) is 2.50. The van der Waals surface area contributed by atoms with E-state index in [9.17, 15) is 13.2 Å². The van der Waals surface area contributed by atoms with Gasteiger partial charge in [0.05, 0.1) is 11.8 Å². The van der Waals surface area contributed by atoms with Crippen LogP contribution >= 0.6 is 12.4 Å². The maximum Gasteiger partial charge on any atom is 0.241 e. The Morgan fingerprint density at radius 1 is 1.45 bits per heavy atom.